The van der Waals surface area contributed by atoms with Crippen LogP contribution in [0.1, 0.15) is 25.7 Å². The van der Waals surface area contributed by atoms with Gasteiger partial charge in [0, 0.05) is 13.0 Å². The van der Waals surface area contributed by atoms with Gasteiger partial charge in [-0.1, -0.05) is 6.42 Å². The number of hydrogen-bond acceptors (Lipinski definition) is 4. The standard InChI is InChI=1S/C7H14O4/c8-5-3-1-2-4-7(10)11-6-9/h8-9H,1-6H2. The summed E-state index contributed by atoms with van der Waals surface area (Å²) in [5.74, 6) is -0.384. The van der Waals surface area contributed by atoms with Crippen molar-refractivity contribution in [3.63, 3.8) is 0 Å². The van der Waals surface area contributed by atoms with E-state index in [1.165, 1.54) is 0 Å². The Morgan fingerprint density at radius 2 is 1.91 bits per heavy atom. The SMILES string of the molecule is O=C(CCCCCO)OCO. The van der Waals surface area contributed by atoms with Gasteiger partial charge in [-0.05, 0) is 12.8 Å². The van der Waals surface area contributed by atoms with E-state index in [0.29, 0.717) is 19.3 Å². The van der Waals surface area contributed by atoms with Crippen molar-refractivity contribution >= 4 is 5.97 Å². The number of unbranched alkanes of at least 4 members (excludes halogenated alkanes) is 2. The van der Waals surface area contributed by atoms with E-state index in [2.05, 4.69) is 4.74 Å². The molecule has 0 unspecified atom stereocenters. The Morgan fingerprint density at radius 1 is 1.18 bits per heavy atom. The quantitative estimate of drug-likeness (QED) is 0.328. The number of aliphatic hydroxyl groups excluding tert-OH is 2. The summed E-state index contributed by atoms with van der Waals surface area (Å²) in [6.07, 6.45) is 2.56. The third-order valence-corrected chi connectivity index (χ3v) is 1.26. The van der Waals surface area contributed by atoms with Crippen molar-refractivity contribution in [2.45, 2.75) is 25.7 Å². The highest BCUT2D eigenvalue weighted by molar-refractivity contribution is 5.69. The van der Waals surface area contributed by atoms with Crippen molar-refractivity contribution in [2.24, 2.45) is 0 Å². The highest BCUT2D eigenvalue weighted by Crippen LogP contribution is 1.99. The van der Waals surface area contributed by atoms with Gasteiger partial charge in [0.05, 0.1) is 0 Å². The topological polar surface area (TPSA) is 66.8 Å². The molecule has 0 rings (SSSR count). The molecule has 0 amide bonds. The van der Waals surface area contributed by atoms with Crippen LogP contribution in [0.5, 0.6) is 0 Å². The minimum absolute atomic E-state index is 0.162. The normalized spacial score (nSPS) is 9.64. The largest absolute Gasteiger partial charge is 0.439 e. The van der Waals surface area contributed by atoms with Gasteiger partial charge in [-0.25, -0.2) is 0 Å². The molecule has 4 nitrogen and oxygen atoms in total. The molecule has 2 N–H and O–H groups in total. The first-order valence-electron chi connectivity index (χ1n) is 3.68. The molecule has 0 heterocycles. The summed E-state index contributed by atoms with van der Waals surface area (Å²) < 4.78 is 4.28. The van der Waals surface area contributed by atoms with Crippen LogP contribution in [-0.2, 0) is 9.53 Å². The Morgan fingerprint density at radius 3 is 2.45 bits per heavy atom. The van der Waals surface area contributed by atoms with Crippen LogP contribution in [0.3, 0.4) is 0 Å². The van der Waals surface area contributed by atoms with E-state index >= 15 is 0 Å². The highest BCUT2D eigenvalue weighted by Gasteiger charge is 1.99. The molecule has 0 aliphatic heterocycles. The van der Waals surface area contributed by atoms with Gasteiger partial charge in [0.1, 0.15) is 0 Å². The molecular weight excluding hydrogens is 148 g/mol. The number of rotatable bonds is 6. The Labute approximate surface area is 65.8 Å². The molecule has 11 heavy (non-hydrogen) atoms. The van der Waals surface area contributed by atoms with Gasteiger partial charge in [0.25, 0.3) is 0 Å². The van der Waals surface area contributed by atoms with E-state index < -0.39 is 6.79 Å². The Balaban J connectivity index is 3.04. The van der Waals surface area contributed by atoms with Crippen molar-refractivity contribution < 1.29 is 19.7 Å². The van der Waals surface area contributed by atoms with Crippen LogP contribution in [-0.4, -0.2) is 29.6 Å². The Bertz CT molecular complexity index is 103. The van der Waals surface area contributed by atoms with E-state index in [4.69, 9.17) is 10.2 Å². The van der Waals surface area contributed by atoms with Gasteiger partial charge < -0.3 is 14.9 Å². The zero-order chi connectivity index (χ0) is 8.53. The van der Waals surface area contributed by atoms with Crippen molar-refractivity contribution in [2.75, 3.05) is 13.4 Å². The molecule has 0 aromatic heterocycles. The molecule has 0 saturated heterocycles. The fourth-order valence-corrected chi connectivity index (χ4v) is 0.702. The number of hydrogen-bond donors (Lipinski definition) is 2. The summed E-state index contributed by atoms with van der Waals surface area (Å²) in [6.45, 7) is -0.381. The van der Waals surface area contributed by atoms with Crippen LogP contribution < -0.4 is 0 Å². The molecule has 0 saturated carbocycles. The van der Waals surface area contributed by atoms with E-state index in [0.717, 1.165) is 6.42 Å². The van der Waals surface area contributed by atoms with Gasteiger partial charge in [0.15, 0.2) is 6.79 Å². The second-order valence-corrected chi connectivity index (χ2v) is 2.18. The van der Waals surface area contributed by atoms with E-state index in [1.807, 2.05) is 0 Å². The first kappa shape index (κ1) is 10.4. The maximum atomic E-state index is 10.6. The lowest BCUT2D eigenvalue weighted by atomic mass is 10.2. The van der Waals surface area contributed by atoms with Crippen LogP contribution >= 0.6 is 0 Å². The third kappa shape index (κ3) is 7.29. The lowest BCUT2D eigenvalue weighted by Crippen LogP contribution is -2.04. The van der Waals surface area contributed by atoms with Crippen molar-refractivity contribution in [1.29, 1.82) is 0 Å². The molecule has 0 aliphatic carbocycles. The summed E-state index contributed by atoms with van der Waals surface area (Å²) in [4.78, 5) is 10.6. The lowest BCUT2D eigenvalue weighted by Gasteiger charge is -1.99. The second kappa shape index (κ2) is 7.50. The molecule has 0 fully saturated rings. The van der Waals surface area contributed by atoms with E-state index in [1.54, 1.807) is 0 Å². The fraction of sp³-hybridized carbons (Fsp3) is 0.857. The fourth-order valence-electron chi connectivity index (χ4n) is 0.702. The summed E-state index contributed by atoms with van der Waals surface area (Å²) in [7, 11) is 0. The molecule has 66 valence electrons. The van der Waals surface area contributed by atoms with E-state index in [9.17, 15) is 4.79 Å². The van der Waals surface area contributed by atoms with Crippen LogP contribution in [0.2, 0.25) is 0 Å². The summed E-state index contributed by atoms with van der Waals surface area (Å²) in [6, 6.07) is 0. The monoisotopic (exact) mass is 162 g/mol. The smallest absolute Gasteiger partial charge is 0.307 e. The first-order valence-corrected chi connectivity index (χ1v) is 3.68. The van der Waals surface area contributed by atoms with Gasteiger partial charge in [-0.15, -0.1) is 0 Å². The summed E-state index contributed by atoms with van der Waals surface area (Å²) in [5, 5.41) is 16.5. The summed E-state index contributed by atoms with van der Waals surface area (Å²) in [5.41, 5.74) is 0. The number of carbonyl (C=O) groups excluding carboxylic acids is 1. The van der Waals surface area contributed by atoms with Crippen LogP contribution in [0.4, 0.5) is 0 Å². The Kier molecular flexibility index (Phi) is 7.08. The van der Waals surface area contributed by atoms with Crippen LogP contribution in [0, 0.1) is 0 Å². The molecule has 0 spiro atoms. The first-order chi connectivity index (χ1) is 5.31. The van der Waals surface area contributed by atoms with Crippen molar-refractivity contribution in [3.8, 4) is 0 Å². The average molecular weight is 162 g/mol. The zero-order valence-electron chi connectivity index (χ0n) is 6.45. The zero-order valence-corrected chi connectivity index (χ0v) is 6.45. The molecule has 0 aromatic rings. The lowest BCUT2D eigenvalue weighted by molar-refractivity contribution is -0.151. The van der Waals surface area contributed by atoms with Gasteiger partial charge in [-0.2, -0.15) is 0 Å². The third-order valence-electron chi connectivity index (χ3n) is 1.26. The molecule has 0 atom stereocenters. The summed E-state index contributed by atoms with van der Waals surface area (Å²) >= 11 is 0. The number of esters is 1. The van der Waals surface area contributed by atoms with Crippen LogP contribution in [0.25, 0.3) is 0 Å². The van der Waals surface area contributed by atoms with Crippen molar-refractivity contribution in [1.82, 2.24) is 0 Å². The maximum Gasteiger partial charge on any atom is 0.307 e. The van der Waals surface area contributed by atoms with Gasteiger partial charge in [-0.3, -0.25) is 4.79 Å². The van der Waals surface area contributed by atoms with Crippen LogP contribution in [0.15, 0.2) is 0 Å². The Hall–Kier alpha value is -0.610. The molecule has 0 aromatic carbocycles. The molecule has 0 aliphatic rings. The molecule has 0 bridgehead atoms. The average Bonchev–Trinajstić information content (AvgIpc) is 1.99. The second-order valence-electron chi connectivity index (χ2n) is 2.18. The molecule has 4 heteroatoms. The predicted octanol–water partition coefficient (Wildman–Crippen LogP) is 0.0321. The minimum Gasteiger partial charge on any atom is -0.439 e. The number of ether oxygens (including phenoxy) is 1. The number of aliphatic hydroxyl groups is 2. The molecular formula is C7H14O4. The van der Waals surface area contributed by atoms with E-state index in [-0.39, 0.29) is 12.6 Å². The molecule has 0 radical (unpaired) electrons. The van der Waals surface area contributed by atoms with Gasteiger partial charge in [0.2, 0.25) is 0 Å². The highest BCUT2D eigenvalue weighted by atomic mass is 16.6. The minimum atomic E-state index is -0.543. The van der Waals surface area contributed by atoms with Crippen molar-refractivity contribution in [3.05, 3.63) is 0 Å². The maximum absolute atomic E-state index is 10.6. The predicted molar refractivity (Wildman–Crippen MR) is 38.7 cm³/mol. The number of carbonyl (C=O) groups is 1. The van der Waals surface area contributed by atoms with Gasteiger partial charge >= 0.3 is 5.97 Å².